The lowest BCUT2D eigenvalue weighted by Gasteiger charge is -2.00. The Morgan fingerprint density at radius 2 is 1.07 bits per heavy atom. The summed E-state index contributed by atoms with van der Waals surface area (Å²) in [5.41, 5.74) is 3.53. The van der Waals surface area contributed by atoms with Crippen molar-refractivity contribution in [3.05, 3.63) is 72.1 Å². The zero-order valence-electron chi connectivity index (χ0n) is 17.1. The van der Waals surface area contributed by atoms with E-state index in [4.69, 9.17) is 0 Å². The third-order valence-corrected chi connectivity index (χ3v) is 3.73. The average molecular weight is 367 g/mol. The quantitative estimate of drug-likeness (QED) is 0.662. The molecule has 0 N–H and O–H groups in total. The smallest absolute Gasteiger partial charge is 0.0656 e. The van der Waals surface area contributed by atoms with Crippen LogP contribution in [0.4, 0.5) is 0 Å². The van der Waals surface area contributed by atoms with Crippen molar-refractivity contribution in [1.29, 1.82) is 0 Å². The molecule has 0 saturated heterocycles. The first-order chi connectivity index (χ1) is 12.9. The third-order valence-electron chi connectivity index (χ3n) is 3.73. The van der Waals surface area contributed by atoms with Crippen molar-refractivity contribution < 1.29 is 0 Å². The van der Waals surface area contributed by atoms with Gasteiger partial charge in [-0.2, -0.15) is 30.6 Å². The summed E-state index contributed by atoms with van der Waals surface area (Å²) in [6, 6.07) is 7.86. The van der Waals surface area contributed by atoms with Gasteiger partial charge < -0.3 is 0 Å². The first kappa shape index (κ1) is 22.3. The van der Waals surface area contributed by atoms with Gasteiger partial charge in [-0.15, -0.1) is 0 Å². The molecule has 3 heterocycles. The molecule has 0 unspecified atom stereocenters. The highest BCUT2D eigenvalue weighted by Crippen LogP contribution is 2.10. The molecule has 6 nitrogen and oxygen atoms in total. The van der Waals surface area contributed by atoms with Crippen LogP contribution >= 0.6 is 0 Å². The molecule has 0 aliphatic rings. The van der Waals surface area contributed by atoms with Crippen LogP contribution in [0.5, 0.6) is 0 Å². The molecule has 0 fully saturated rings. The lowest BCUT2D eigenvalue weighted by molar-refractivity contribution is 0.785. The van der Waals surface area contributed by atoms with Crippen LogP contribution in [0.1, 0.15) is 76.1 Å². The highest BCUT2D eigenvalue weighted by atomic mass is 15.1. The molecule has 3 aromatic rings. The predicted octanol–water partition coefficient (Wildman–Crippen LogP) is 4.80. The molecule has 0 aromatic carbocycles. The fourth-order valence-electron chi connectivity index (χ4n) is 1.91. The highest BCUT2D eigenvalue weighted by molar-refractivity contribution is 5.10. The summed E-state index contributed by atoms with van der Waals surface area (Å²) in [4.78, 5) is 0. The monoisotopic (exact) mass is 366 g/mol. The summed E-state index contributed by atoms with van der Waals surface area (Å²) in [7, 11) is 0. The summed E-state index contributed by atoms with van der Waals surface area (Å²) < 4.78 is 0. The van der Waals surface area contributed by atoms with Crippen LogP contribution in [0, 0.1) is 0 Å². The van der Waals surface area contributed by atoms with Crippen LogP contribution in [0.15, 0.2) is 55.2 Å². The van der Waals surface area contributed by atoms with Crippen molar-refractivity contribution in [1.82, 2.24) is 30.6 Å². The Morgan fingerprint density at radius 3 is 1.30 bits per heavy atom. The van der Waals surface area contributed by atoms with E-state index in [0.29, 0.717) is 17.8 Å². The number of aromatic nitrogens is 6. The number of hydrogen-bond acceptors (Lipinski definition) is 6. The summed E-state index contributed by atoms with van der Waals surface area (Å²) in [5.74, 6) is 1.60. The second-order valence-electron chi connectivity index (χ2n) is 6.96. The van der Waals surface area contributed by atoms with Crippen molar-refractivity contribution >= 4 is 0 Å². The third kappa shape index (κ3) is 9.49. The van der Waals surface area contributed by atoms with E-state index in [0.717, 1.165) is 5.69 Å². The molecule has 0 spiro atoms. The van der Waals surface area contributed by atoms with E-state index in [1.807, 2.05) is 24.3 Å². The maximum absolute atomic E-state index is 3.93. The molecule has 3 aromatic heterocycles. The summed E-state index contributed by atoms with van der Waals surface area (Å²) in [6.07, 6.45) is 8.71. The molecule has 0 radical (unpaired) electrons. The Hall–Kier alpha value is -2.76. The van der Waals surface area contributed by atoms with Gasteiger partial charge in [0.1, 0.15) is 0 Å². The van der Waals surface area contributed by atoms with Gasteiger partial charge in [0.2, 0.25) is 0 Å². The van der Waals surface area contributed by atoms with Gasteiger partial charge >= 0.3 is 0 Å². The molecule has 0 atom stereocenters. The predicted molar refractivity (Wildman–Crippen MR) is 108 cm³/mol. The van der Waals surface area contributed by atoms with Crippen molar-refractivity contribution in [2.24, 2.45) is 0 Å². The van der Waals surface area contributed by atoms with Crippen molar-refractivity contribution in [3.8, 4) is 0 Å². The van der Waals surface area contributed by atoms with Crippen LogP contribution in [0.3, 0.4) is 0 Å². The maximum atomic E-state index is 3.93. The zero-order valence-corrected chi connectivity index (χ0v) is 17.1. The largest absolute Gasteiger partial charge is 0.159 e. The zero-order chi connectivity index (χ0) is 20.1. The van der Waals surface area contributed by atoms with Crippen LogP contribution in [0.2, 0.25) is 0 Å². The van der Waals surface area contributed by atoms with Gasteiger partial charge in [-0.05, 0) is 53.1 Å². The lowest BCUT2D eigenvalue weighted by atomic mass is 10.1. The molecular formula is C21H30N6. The SMILES string of the molecule is CC(C)c1cccnn1.CC(C)c1ccnnc1.CC(C)c1ccnnc1. The minimum atomic E-state index is 0.485. The van der Waals surface area contributed by atoms with Gasteiger partial charge in [0.25, 0.3) is 0 Å². The van der Waals surface area contributed by atoms with Gasteiger partial charge in [0.15, 0.2) is 0 Å². The number of hydrogen-bond donors (Lipinski definition) is 0. The first-order valence-electron chi connectivity index (χ1n) is 9.22. The number of rotatable bonds is 3. The highest BCUT2D eigenvalue weighted by Gasteiger charge is 1.97. The second-order valence-corrected chi connectivity index (χ2v) is 6.96. The Labute approximate surface area is 162 Å². The fraction of sp³-hybridized carbons (Fsp3) is 0.429. The molecule has 0 saturated carbocycles. The van der Waals surface area contributed by atoms with E-state index in [9.17, 15) is 0 Å². The van der Waals surface area contributed by atoms with Gasteiger partial charge in [-0.1, -0.05) is 41.5 Å². The average Bonchev–Trinajstić information content (AvgIpc) is 2.71. The van der Waals surface area contributed by atoms with E-state index in [-0.39, 0.29) is 0 Å². The van der Waals surface area contributed by atoms with Crippen LogP contribution in [-0.2, 0) is 0 Å². The summed E-state index contributed by atoms with van der Waals surface area (Å²) >= 11 is 0. The molecular weight excluding hydrogens is 336 g/mol. The van der Waals surface area contributed by atoms with E-state index in [2.05, 4.69) is 72.1 Å². The van der Waals surface area contributed by atoms with Gasteiger partial charge in [-0.25, -0.2) is 0 Å². The summed E-state index contributed by atoms with van der Waals surface area (Å²) in [6.45, 7) is 12.7. The minimum absolute atomic E-state index is 0.485. The van der Waals surface area contributed by atoms with E-state index in [1.165, 1.54) is 11.1 Å². The van der Waals surface area contributed by atoms with Crippen LogP contribution < -0.4 is 0 Å². The second kappa shape index (κ2) is 12.6. The molecule has 0 amide bonds. The Balaban J connectivity index is 0.000000202. The minimum Gasteiger partial charge on any atom is -0.159 e. The standard InChI is InChI=1S/3C7H10N2/c2*1-6(2)7-3-4-8-9-5-7;1-6(2)7-4-3-5-8-9-7/h3*3-6H,1-2H3. The molecule has 144 valence electrons. The van der Waals surface area contributed by atoms with Crippen LogP contribution in [0.25, 0.3) is 0 Å². The Morgan fingerprint density at radius 1 is 0.556 bits per heavy atom. The van der Waals surface area contributed by atoms with Crippen LogP contribution in [-0.4, -0.2) is 30.6 Å². The van der Waals surface area contributed by atoms with E-state index >= 15 is 0 Å². The Kier molecular flexibility index (Phi) is 10.4. The molecule has 0 bridgehead atoms. The van der Waals surface area contributed by atoms with Gasteiger partial charge in [0, 0.05) is 18.6 Å². The molecule has 0 aliphatic carbocycles. The van der Waals surface area contributed by atoms with E-state index < -0.39 is 0 Å². The summed E-state index contributed by atoms with van der Waals surface area (Å²) in [5, 5.41) is 22.6. The van der Waals surface area contributed by atoms with Crippen molar-refractivity contribution in [3.63, 3.8) is 0 Å². The normalized spacial score (nSPS) is 10.1. The Bertz CT molecular complexity index is 612. The van der Waals surface area contributed by atoms with Crippen molar-refractivity contribution in [2.75, 3.05) is 0 Å². The van der Waals surface area contributed by atoms with Crippen molar-refractivity contribution in [2.45, 2.75) is 59.3 Å². The topological polar surface area (TPSA) is 77.3 Å². The molecule has 6 heteroatoms. The first-order valence-corrected chi connectivity index (χ1v) is 9.22. The van der Waals surface area contributed by atoms with E-state index in [1.54, 1.807) is 31.0 Å². The molecule has 3 rings (SSSR count). The van der Waals surface area contributed by atoms with Gasteiger partial charge in [0.05, 0.1) is 18.1 Å². The number of nitrogens with zero attached hydrogens (tertiary/aromatic N) is 6. The van der Waals surface area contributed by atoms with Gasteiger partial charge in [-0.3, -0.25) is 0 Å². The molecule has 27 heavy (non-hydrogen) atoms. The lowest BCUT2D eigenvalue weighted by Crippen LogP contribution is -1.92. The molecule has 0 aliphatic heterocycles. The fourth-order valence-corrected chi connectivity index (χ4v) is 1.91. The maximum Gasteiger partial charge on any atom is 0.0656 e.